The van der Waals surface area contributed by atoms with E-state index in [-0.39, 0.29) is 0 Å². The second-order valence-electron chi connectivity index (χ2n) is 4.01. The van der Waals surface area contributed by atoms with Crippen LogP contribution in [0.5, 0.6) is 0 Å². The van der Waals surface area contributed by atoms with Crippen molar-refractivity contribution >= 4 is 23.1 Å². The van der Waals surface area contributed by atoms with Crippen LogP contribution in [0.1, 0.15) is 24.8 Å². The van der Waals surface area contributed by atoms with E-state index < -0.39 is 0 Å². The van der Waals surface area contributed by atoms with Crippen LogP contribution in [0.25, 0.3) is 0 Å². The lowest BCUT2D eigenvalue weighted by molar-refractivity contribution is 0.472. The molecule has 1 aliphatic rings. The first-order valence-corrected chi connectivity index (χ1v) is 7.48. The second kappa shape index (κ2) is 5.89. The molecule has 0 amide bonds. The topological polar surface area (TPSA) is 38.0 Å². The molecule has 15 heavy (non-hydrogen) atoms. The van der Waals surface area contributed by atoms with Gasteiger partial charge in [-0.1, -0.05) is 6.42 Å². The van der Waals surface area contributed by atoms with Crippen LogP contribution >= 0.6 is 23.1 Å². The molecule has 0 aromatic carbocycles. The van der Waals surface area contributed by atoms with Crippen LogP contribution in [-0.2, 0) is 6.42 Å². The zero-order chi connectivity index (χ0) is 10.5. The maximum atomic E-state index is 5.66. The van der Waals surface area contributed by atoms with Crippen molar-refractivity contribution in [2.45, 2.75) is 37.0 Å². The summed E-state index contributed by atoms with van der Waals surface area (Å²) in [5, 5.41) is 5.05. The van der Waals surface area contributed by atoms with Gasteiger partial charge in [0.25, 0.3) is 0 Å². The average molecular weight is 242 g/mol. The van der Waals surface area contributed by atoms with E-state index in [9.17, 15) is 0 Å². The van der Waals surface area contributed by atoms with Crippen LogP contribution in [0.4, 0.5) is 0 Å². The maximum Gasteiger partial charge on any atom is 0.0370 e. The zero-order valence-electron chi connectivity index (χ0n) is 8.82. The van der Waals surface area contributed by atoms with Gasteiger partial charge in [-0.15, -0.1) is 0 Å². The lowest BCUT2D eigenvalue weighted by atomic mass is 10.0. The van der Waals surface area contributed by atoms with Gasteiger partial charge in [0.1, 0.15) is 0 Å². The Balaban J connectivity index is 1.91. The third-order valence-electron chi connectivity index (χ3n) is 2.91. The van der Waals surface area contributed by atoms with Gasteiger partial charge in [-0.3, -0.25) is 11.3 Å². The number of hydrazine groups is 1. The third kappa shape index (κ3) is 3.21. The van der Waals surface area contributed by atoms with Gasteiger partial charge in [0.15, 0.2) is 0 Å². The molecule has 0 saturated carbocycles. The van der Waals surface area contributed by atoms with E-state index in [0.717, 1.165) is 6.42 Å². The normalized spacial score (nSPS) is 23.9. The number of hydrogen-bond donors (Lipinski definition) is 2. The first kappa shape index (κ1) is 11.5. The van der Waals surface area contributed by atoms with Crippen molar-refractivity contribution in [3.05, 3.63) is 22.4 Å². The Hall–Kier alpha value is -0.0300. The highest BCUT2D eigenvalue weighted by Crippen LogP contribution is 2.28. The van der Waals surface area contributed by atoms with Crippen molar-refractivity contribution < 1.29 is 0 Å². The molecule has 1 saturated heterocycles. The molecule has 1 aromatic rings. The van der Waals surface area contributed by atoms with E-state index in [1.807, 2.05) is 0 Å². The fraction of sp³-hybridized carbons (Fsp3) is 0.636. The van der Waals surface area contributed by atoms with E-state index in [1.165, 1.54) is 30.6 Å². The summed E-state index contributed by atoms with van der Waals surface area (Å²) in [5.74, 6) is 6.96. The van der Waals surface area contributed by atoms with Crippen molar-refractivity contribution in [3.63, 3.8) is 0 Å². The van der Waals surface area contributed by atoms with Gasteiger partial charge in [0.05, 0.1) is 0 Å². The Labute approximate surface area is 99.6 Å². The smallest absolute Gasteiger partial charge is 0.0370 e. The molecular formula is C11H18N2S2. The van der Waals surface area contributed by atoms with E-state index in [2.05, 4.69) is 34.0 Å². The third-order valence-corrected chi connectivity index (χ3v) is 5.16. The number of nitrogens with two attached hydrogens (primary N) is 1. The molecule has 4 heteroatoms. The van der Waals surface area contributed by atoms with E-state index >= 15 is 0 Å². The molecule has 2 unspecified atom stereocenters. The zero-order valence-corrected chi connectivity index (χ0v) is 10.4. The first-order valence-electron chi connectivity index (χ1n) is 5.49. The van der Waals surface area contributed by atoms with Crippen LogP contribution < -0.4 is 11.3 Å². The Morgan fingerprint density at radius 2 is 2.47 bits per heavy atom. The highest BCUT2D eigenvalue weighted by atomic mass is 32.2. The molecule has 1 aliphatic heterocycles. The Morgan fingerprint density at radius 3 is 3.07 bits per heavy atom. The molecule has 1 aromatic heterocycles. The lowest BCUT2D eigenvalue weighted by Crippen LogP contribution is -2.44. The van der Waals surface area contributed by atoms with E-state index in [1.54, 1.807) is 11.3 Å². The van der Waals surface area contributed by atoms with Crippen LogP contribution in [0.3, 0.4) is 0 Å². The first-order chi connectivity index (χ1) is 7.40. The summed E-state index contributed by atoms with van der Waals surface area (Å²) < 4.78 is 0. The standard InChI is InChI=1S/C11H18N2S2/c12-13-10(7-9-4-6-14-8-9)11-3-1-2-5-15-11/h4,6,8,10-11,13H,1-3,5,7,12H2. The molecule has 0 bridgehead atoms. The number of hydrogen-bond acceptors (Lipinski definition) is 4. The molecule has 0 radical (unpaired) electrons. The Morgan fingerprint density at radius 1 is 1.53 bits per heavy atom. The fourth-order valence-corrected chi connectivity index (χ4v) is 4.14. The fourth-order valence-electron chi connectivity index (χ4n) is 2.04. The van der Waals surface area contributed by atoms with Gasteiger partial charge in [0, 0.05) is 11.3 Å². The summed E-state index contributed by atoms with van der Waals surface area (Å²) in [4.78, 5) is 0. The monoisotopic (exact) mass is 242 g/mol. The Bertz CT molecular complexity index is 268. The molecule has 2 nitrogen and oxygen atoms in total. The lowest BCUT2D eigenvalue weighted by Gasteiger charge is -2.29. The highest BCUT2D eigenvalue weighted by molar-refractivity contribution is 8.00. The molecule has 84 valence electrons. The molecule has 2 heterocycles. The predicted octanol–water partition coefficient (Wildman–Crippen LogP) is 2.41. The number of rotatable bonds is 4. The molecule has 3 N–H and O–H groups in total. The van der Waals surface area contributed by atoms with E-state index in [0.29, 0.717) is 11.3 Å². The average Bonchev–Trinajstić information content (AvgIpc) is 2.80. The minimum atomic E-state index is 0.435. The summed E-state index contributed by atoms with van der Waals surface area (Å²) in [6.45, 7) is 0. The molecule has 2 rings (SSSR count). The summed E-state index contributed by atoms with van der Waals surface area (Å²) in [5.41, 5.74) is 4.41. The van der Waals surface area contributed by atoms with Gasteiger partial charge < -0.3 is 0 Å². The van der Waals surface area contributed by atoms with Gasteiger partial charge in [0.2, 0.25) is 0 Å². The van der Waals surface area contributed by atoms with Crippen molar-refractivity contribution in [2.24, 2.45) is 5.84 Å². The minimum Gasteiger partial charge on any atom is -0.271 e. The number of thioether (sulfide) groups is 1. The molecular weight excluding hydrogens is 224 g/mol. The molecule has 0 spiro atoms. The summed E-state index contributed by atoms with van der Waals surface area (Å²) >= 11 is 3.84. The Kier molecular flexibility index (Phi) is 4.50. The summed E-state index contributed by atoms with van der Waals surface area (Å²) in [7, 11) is 0. The van der Waals surface area contributed by atoms with Gasteiger partial charge in [-0.25, -0.2) is 0 Å². The highest BCUT2D eigenvalue weighted by Gasteiger charge is 2.23. The molecule has 0 aliphatic carbocycles. The quantitative estimate of drug-likeness (QED) is 0.629. The van der Waals surface area contributed by atoms with Gasteiger partial charge >= 0.3 is 0 Å². The van der Waals surface area contributed by atoms with Crippen LogP contribution in [-0.4, -0.2) is 17.0 Å². The van der Waals surface area contributed by atoms with Crippen molar-refractivity contribution in [3.8, 4) is 0 Å². The van der Waals surface area contributed by atoms with Crippen molar-refractivity contribution in [1.29, 1.82) is 0 Å². The van der Waals surface area contributed by atoms with Crippen LogP contribution in [0, 0.1) is 0 Å². The SMILES string of the molecule is NNC(Cc1ccsc1)C1CCCCS1. The molecule has 1 fully saturated rings. The van der Waals surface area contributed by atoms with Gasteiger partial charge in [-0.05, 0) is 47.4 Å². The largest absolute Gasteiger partial charge is 0.271 e. The summed E-state index contributed by atoms with van der Waals surface area (Å²) in [6.07, 6.45) is 5.11. The van der Waals surface area contributed by atoms with Crippen molar-refractivity contribution in [2.75, 3.05) is 5.75 Å². The van der Waals surface area contributed by atoms with Crippen LogP contribution in [0.2, 0.25) is 0 Å². The van der Waals surface area contributed by atoms with E-state index in [4.69, 9.17) is 5.84 Å². The molecule has 2 atom stereocenters. The maximum absolute atomic E-state index is 5.66. The number of thiophene rings is 1. The van der Waals surface area contributed by atoms with Crippen LogP contribution in [0.15, 0.2) is 16.8 Å². The van der Waals surface area contributed by atoms with Crippen molar-refractivity contribution in [1.82, 2.24) is 5.43 Å². The van der Waals surface area contributed by atoms with Gasteiger partial charge in [-0.2, -0.15) is 23.1 Å². The second-order valence-corrected chi connectivity index (χ2v) is 6.14. The predicted molar refractivity (Wildman–Crippen MR) is 69.2 cm³/mol. The minimum absolute atomic E-state index is 0.435. The summed E-state index contributed by atoms with van der Waals surface area (Å²) in [6, 6.07) is 2.63. The number of nitrogens with one attached hydrogen (secondary N) is 1.